The normalized spacial score (nSPS) is 18.2. The smallest absolute Gasteiger partial charge is 0.0520 e. The number of hydrogen-bond acceptors (Lipinski definition) is 3. The summed E-state index contributed by atoms with van der Waals surface area (Å²) in [5.74, 6) is 0. The lowest BCUT2D eigenvalue weighted by atomic mass is 10.1. The molecule has 1 aliphatic rings. The van der Waals surface area contributed by atoms with Crippen LogP contribution in [-0.2, 0) is 0 Å². The number of aromatic amines is 1. The first-order valence-electron chi connectivity index (χ1n) is 7.29. The standard InChI is InChI=1S/C16H22N4/c1-13-3-5-15(6-4-13)20-11-9-19(10-12-20)14(2)16-7-8-17-18-16/h3-8,14H,9-12H2,1-2H3,(H,17,18). The van der Waals surface area contributed by atoms with E-state index in [1.807, 2.05) is 6.20 Å². The first-order valence-corrected chi connectivity index (χ1v) is 7.29. The zero-order valence-electron chi connectivity index (χ0n) is 12.2. The summed E-state index contributed by atoms with van der Waals surface area (Å²) in [5, 5.41) is 7.12. The molecule has 0 bridgehead atoms. The maximum absolute atomic E-state index is 4.05. The second-order valence-electron chi connectivity index (χ2n) is 5.55. The van der Waals surface area contributed by atoms with Crippen LogP contribution in [0.1, 0.15) is 24.2 Å². The number of piperazine rings is 1. The van der Waals surface area contributed by atoms with Gasteiger partial charge in [0.15, 0.2) is 0 Å². The van der Waals surface area contributed by atoms with Gasteiger partial charge in [-0.2, -0.15) is 5.10 Å². The van der Waals surface area contributed by atoms with E-state index in [9.17, 15) is 0 Å². The average Bonchev–Trinajstić information content (AvgIpc) is 3.02. The Morgan fingerprint density at radius 3 is 2.35 bits per heavy atom. The average molecular weight is 270 g/mol. The van der Waals surface area contributed by atoms with Crippen molar-refractivity contribution >= 4 is 5.69 Å². The van der Waals surface area contributed by atoms with E-state index in [-0.39, 0.29) is 0 Å². The number of aromatic nitrogens is 2. The Bertz CT molecular complexity index is 524. The van der Waals surface area contributed by atoms with Gasteiger partial charge in [-0.1, -0.05) is 17.7 Å². The lowest BCUT2D eigenvalue weighted by Gasteiger charge is -2.38. The van der Waals surface area contributed by atoms with Gasteiger partial charge in [0.2, 0.25) is 0 Å². The van der Waals surface area contributed by atoms with Crippen molar-refractivity contribution in [1.82, 2.24) is 15.1 Å². The van der Waals surface area contributed by atoms with Gasteiger partial charge in [-0.3, -0.25) is 10.00 Å². The molecule has 1 unspecified atom stereocenters. The van der Waals surface area contributed by atoms with Gasteiger partial charge in [-0.05, 0) is 32.0 Å². The number of hydrogen-bond donors (Lipinski definition) is 1. The number of nitrogens with one attached hydrogen (secondary N) is 1. The number of aryl methyl sites for hydroxylation is 1. The molecule has 1 aromatic heterocycles. The predicted molar refractivity (Wildman–Crippen MR) is 82.0 cm³/mol. The fourth-order valence-electron chi connectivity index (χ4n) is 2.82. The van der Waals surface area contributed by atoms with Crippen LogP contribution in [0.4, 0.5) is 5.69 Å². The Balaban J connectivity index is 1.60. The highest BCUT2D eigenvalue weighted by atomic mass is 15.3. The minimum Gasteiger partial charge on any atom is -0.369 e. The second kappa shape index (κ2) is 5.67. The van der Waals surface area contributed by atoms with Crippen molar-refractivity contribution in [3.8, 4) is 0 Å². The zero-order chi connectivity index (χ0) is 13.9. The fourth-order valence-corrected chi connectivity index (χ4v) is 2.82. The Labute approximate surface area is 120 Å². The number of nitrogens with zero attached hydrogens (tertiary/aromatic N) is 3. The van der Waals surface area contributed by atoms with Crippen LogP contribution >= 0.6 is 0 Å². The van der Waals surface area contributed by atoms with Crippen molar-refractivity contribution in [3.63, 3.8) is 0 Å². The van der Waals surface area contributed by atoms with E-state index in [4.69, 9.17) is 0 Å². The summed E-state index contributed by atoms with van der Waals surface area (Å²) in [5.41, 5.74) is 3.86. The second-order valence-corrected chi connectivity index (χ2v) is 5.55. The van der Waals surface area contributed by atoms with E-state index in [1.165, 1.54) is 16.9 Å². The van der Waals surface area contributed by atoms with E-state index in [1.54, 1.807) is 0 Å². The van der Waals surface area contributed by atoms with Crippen LogP contribution in [0.2, 0.25) is 0 Å². The highest BCUT2D eigenvalue weighted by molar-refractivity contribution is 5.47. The predicted octanol–water partition coefficient (Wildman–Crippen LogP) is 2.60. The summed E-state index contributed by atoms with van der Waals surface area (Å²) in [4.78, 5) is 4.98. The Morgan fingerprint density at radius 2 is 1.75 bits per heavy atom. The molecule has 1 saturated heterocycles. The minimum absolute atomic E-state index is 0.415. The van der Waals surface area contributed by atoms with Crippen LogP contribution in [0.25, 0.3) is 0 Å². The molecule has 0 saturated carbocycles. The molecule has 0 aliphatic carbocycles. The molecule has 2 heterocycles. The molecule has 1 N–H and O–H groups in total. The highest BCUT2D eigenvalue weighted by Crippen LogP contribution is 2.22. The Morgan fingerprint density at radius 1 is 1.05 bits per heavy atom. The molecule has 0 amide bonds. The number of benzene rings is 1. The molecule has 1 fully saturated rings. The van der Waals surface area contributed by atoms with Gasteiger partial charge in [-0.25, -0.2) is 0 Å². The molecule has 0 radical (unpaired) electrons. The first-order chi connectivity index (χ1) is 9.74. The van der Waals surface area contributed by atoms with Crippen LogP contribution in [0.5, 0.6) is 0 Å². The molecule has 0 spiro atoms. The Kier molecular flexibility index (Phi) is 3.74. The molecular formula is C16H22N4. The van der Waals surface area contributed by atoms with Crippen molar-refractivity contribution < 1.29 is 0 Å². The molecule has 3 rings (SSSR count). The van der Waals surface area contributed by atoms with Gasteiger partial charge in [0.05, 0.1) is 5.69 Å². The largest absolute Gasteiger partial charge is 0.369 e. The van der Waals surface area contributed by atoms with Crippen LogP contribution < -0.4 is 4.90 Å². The van der Waals surface area contributed by atoms with Gasteiger partial charge >= 0.3 is 0 Å². The summed E-state index contributed by atoms with van der Waals surface area (Å²) in [6.45, 7) is 8.73. The van der Waals surface area contributed by atoms with E-state index in [0.29, 0.717) is 6.04 Å². The van der Waals surface area contributed by atoms with E-state index < -0.39 is 0 Å². The number of anilines is 1. The van der Waals surface area contributed by atoms with Gasteiger partial charge < -0.3 is 4.90 Å². The van der Waals surface area contributed by atoms with Crippen molar-refractivity contribution in [1.29, 1.82) is 0 Å². The third kappa shape index (κ3) is 2.70. The molecular weight excluding hydrogens is 248 g/mol. The van der Waals surface area contributed by atoms with Crippen molar-refractivity contribution in [2.24, 2.45) is 0 Å². The van der Waals surface area contributed by atoms with E-state index >= 15 is 0 Å². The van der Waals surface area contributed by atoms with Crippen LogP contribution in [0, 0.1) is 6.92 Å². The van der Waals surface area contributed by atoms with E-state index in [2.05, 4.69) is 64.2 Å². The van der Waals surface area contributed by atoms with Gasteiger partial charge in [0.25, 0.3) is 0 Å². The SMILES string of the molecule is Cc1ccc(N2CCN(C(C)c3ccn[nH]3)CC2)cc1. The quantitative estimate of drug-likeness (QED) is 0.931. The fraction of sp³-hybridized carbons (Fsp3) is 0.438. The molecule has 1 aliphatic heterocycles. The maximum atomic E-state index is 4.05. The van der Waals surface area contributed by atoms with E-state index in [0.717, 1.165) is 26.2 Å². The Hall–Kier alpha value is -1.81. The summed E-state index contributed by atoms with van der Waals surface area (Å²) >= 11 is 0. The number of H-pyrrole nitrogens is 1. The summed E-state index contributed by atoms with van der Waals surface area (Å²) in [6.07, 6.45) is 1.83. The summed E-state index contributed by atoms with van der Waals surface area (Å²) in [6, 6.07) is 11.3. The maximum Gasteiger partial charge on any atom is 0.0520 e. The molecule has 4 nitrogen and oxygen atoms in total. The van der Waals surface area contributed by atoms with Crippen LogP contribution in [0.15, 0.2) is 36.5 Å². The highest BCUT2D eigenvalue weighted by Gasteiger charge is 2.22. The third-order valence-corrected chi connectivity index (χ3v) is 4.23. The minimum atomic E-state index is 0.415. The van der Waals surface area contributed by atoms with Crippen LogP contribution in [-0.4, -0.2) is 41.3 Å². The number of rotatable bonds is 3. The molecule has 2 aromatic rings. The van der Waals surface area contributed by atoms with Crippen molar-refractivity contribution in [3.05, 3.63) is 47.8 Å². The van der Waals surface area contributed by atoms with Crippen LogP contribution in [0.3, 0.4) is 0 Å². The van der Waals surface area contributed by atoms with Gasteiger partial charge in [-0.15, -0.1) is 0 Å². The van der Waals surface area contributed by atoms with Crippen molar-refractivity contribution in [2.75, 3.05) is 31.1 Å². The molecule has 4 heteroatoms. The monoisotopic (exact) mass is 270 g/mol. The summed E-state index contributed by atoms with van der Waals surface area (Å²) in [7, 11) is 0. The zero-order valence-corrected chi connectivity index (χ0v) is 12.2. The first kappa shape index (κ1) is 13.2. The molecule has 1 atom stereocenters. The summed E-state index contributed by atoms with van der Waals surface area (Å²) < 4.78 is 0. The van der Waals surface area contributed by atoms with Gasteiger partial charge in [0.1, 0.15) is 0 Å². The topological polar surface area (TPSA) is 35.2 Å². The third-order valence-electron chi connectivity index (χ3n) is 4.23. The molecule has 1 aromatic carbocycles. The van der Waals surface area contributed by atoms with Crippen molar-refractivity contribution in [2.45, 2.75) is 19.9 Å². The molecule has 20 heavy (non-hydrogen) atoms. The molecule has 106 valence electrons. The lowest BCUT2D eigenvalue weighted by Crippen LogP contribution is -2.47. The lowest BCUT2D eigenvalue weighted by molar-refractivity contribution is 0.195. The van der Waals surface area contributed by atoms with Gasteiger partial charge in [0, 0.05) is 44.1 Å².